The van der Waals surface area contributed by atoms with Gasteiger partial charge in [0.1, 0.15) is 6.20 Å². The number of hydrogen-bond acceptors (Lipinski definition) is 5. The standard InChI is InChI=1S/C11H16N4O3/c16-11-13-7-10(15(17)18)8-14(11)6-5-12-9-3-1-2-4-9/h7-9,12H,1-6H2. The Morgan fingerprint density at radius 2 is 2.22 bits per heavy atom. The van der Waals surface area contributed by atoms with E-state index in [1.54, 1.807) is 0 Å². The molecule has 0 atom stereocenters. The van der Waals surface area contributed by atoms with Gasteiger partial charge in [-0.15, -0.1) is 0 Å². The molecular weight excluding hydrogens is 236 g/mol. The summed E-state index contributed by atoms with van der Waals surface area (Å²) in [6.45, 7) is 1.04. The maximum atomic E-state index is 11.4. The average Bonchev–Trinajstić information content (AvgIpc) is 2.84. The van der Waals surface area contributed by atoms with E-state index in [0.29, 0.717) is 19.1 Å². The second kappa shape index (κ2) is 5.72. The van der Waals surface area contributed by atoms with Crippen molar-refractivity contribution in [1.82, 2.24) is 14.9 Å². The Kier molecular flexibility index (Phi) is 4.03. The van der Waals surface area contributed by atoms with Crippen LogP contribution >= 0.6 is 0 Å². The number of nitrogens with one attached hydrogen (secondary N) is 1. The van der Waals surface area contributed by atoms with Gasteiger partial charge in [0.25, 0.3) is 0 Å². The van der Waals surface area contributed by atoms with E-state index in [9.17, 15) is 14.9 Å². The monoisotopic (exact) mass is 252 g/mol. The first-order valence-corrected chi connectivity index (χ1v) is 6.11. The van der Waals surface area contributed by atoms with E-state index >= 15 is 0 Å². The van der Waals surface area contributed by atoms with Gasteiger partial charge in [0.05, 0.1) is 11.1 Å². The molecule has 1 heterocycles. The molecule has 7 heteroatoms. The van der Waals surface area contributed by atoms with E-state index in [4.69, 9.17) is 0 Å². The molecule has 1 aromatic heterocycles. The lowest BCUT2D eigenvalue weighted by Gasteiger charge is -2.11. The minimum Gasteiger partial charge on any atom is -0.312 e. The highest BCUT2D eigenvalue weighted by atomic mass is 16.6. The summed E-state index contributed by atoms with van der Waals surface area (Å²) in [6.07, 6.45) is 7.06. The van der Waals surface area contributed by atoms with E-state index in [-0.39, 0.29) is 5.69 Å². The van der Waals surface area contributed by atoms with Crippen LogP contribution in [0, 0.1) is 10.1 Å². The maximum absolute atomic E-state index is 11.4. The molecule has 0 aromatic carbocycles. The van der Waals surface area contributed by atoms with E-state index in [2.05, 4.69) is 10.3 Å². The SMILES string of the molecule is O=c1ncc([N+](=O)[O-])cn1CCNC1CCCC1. The van der Waals surface area contributed by atoms with Crippen molar-refractivity contribution < 1.29 is 4.92 Å². The van der Waals surface area contributed by atoms with Crippen LogP contribution in [0.4, 0.5) is 5.69 Å². The van der Waals surface area contributed by atoms with Gasteiger partial charge in [0.2, 0.25) is 0 Å². The van der Waals surface area contributed by atoms with Gasteiger partial charge < -0.3 is 5.32 Å². The summed E-state index contributed by atoms with van der Waals surface area (Å²) in [5, 5.41) is 13.9. The molecule has 1 saturated carbocycles. The lowest BCUT2D eigenvalue weighted by atomic mass is 10.2. The molecule has 0 spiro atoms. The minimum absolute atomic E-state index is 0.157. The summed E-state index contributed by atoms with van der Waals surface area (Å²) in [7, 11) is 0. The number of rotatable bonds is 5. The summed E-state index contributed by atoms with van der Waals surface area (Å²) in [6, 6.07) is 0.521. The molecule has 0 bridgehead atoms. The molecule has 1 aliphatic rings. The first-order chi connectivity index (χ1) is 8.66. The van der Waals surface area contributed by atoms with Gasteiger partial charge in [-0.25, -0.2) is 4.79 Å². The van der Waals surface area contributed by atoms with Gasteiger partial charge in [-0.3, -0.25) is 14.7 Å². The molecule has 0 saturated heterocycles. The van der Waals surface area contributed by atoms with Crippen molar-refractivity contribution in [1.29, 1.82) is 0 Å². The third-order valence-electron chi connectivity index (χ3n) is 3.19. The number of nitro groups is 1. The van der Waals surface area contributed by atoms with Crippen molar-refractivity contribution in [2.24, 2.45) is 0 Å². The summed E-state index contributed by atoms with van der Waals surface area (Å²) in [5.41, 5.74) is -0.607. The minimum atomic E-state index is -0.548. The van der Waals surface area contributed by atoms with Gasteiger partial charge in [-0.2, -0.15) is 4.98 Å². The summed E-state index contributed by atoms with van der Waals surface area (Å²) < 4.78 is 1.28. The van der Waals surface area contributed by atoms with Gasteiger partial charge in [-0.05, 0) is 12.8 Å². The van der Waals surface area contributed by atoms with Crippen LogP contribution in [0.2, 0.25) is 0 Å². The van der Waals surface area contributed by atoms with Crippen LogP contribution in [0.3, 0.4) is 0 Å². The zero-order valence-corrected chi connectivity index (χ0v) is 10.0. The molecule has 0 amide bonds. The van der Waals surface area contributed by atoms with Crippen LogP contribution in [0.15, 0.2) is 17.2 Å². The molecule has 98 valence electrons. The molecule has 0 aliphatic heterocycles. The third kappa shape index (κ3) is 3.13. The largest absolute Gasteiger partial charge is 0.348 e. The normalized spacial score (nSPS) is 16.0. The van der Waals surface area contributed by atoms with Gasteiger partial charge in [0, 0.05) is 19.1 Å². The quantitative estimate of drug-likeness (QED) is 0.615. The molecule has 1 fully saturated rings. The van der Waals surface area contributed by atoms with Crippen LogP contribution in [-0.4, -0.2) is 27.1 Å². The van der Waals surface area contributed by atoms with E-state index in [0.717, 1.165) is 6.20 Å². The zero-order chi connectivity index (χ0) is 13.0. The highest BCUT2D eigenvalue weighted by Crippen LogP contribution is 2.17. The second-order valence-electron chi connectivity index (χ2n) is 4.48. The Balaban J connectivity index is 1.93. The van der Waals surface area contributed by atoms with Crippen molar-refractivity contribution in [3.05, 3.63) is 33.0 Å². The molecule has 0 radical (unpaired) electrons. The molecule has 1 aromatic rings. The zero-order valence-electron chi connectivity index (χ0n) is 10.0. The molecule has 1 aliphatic carbocycles. The summed E-state index contributed by atoms with van der Waals surface area (Å²) in [5.74, 6) is 0. The number of aromatic nitrogens is 2. The second-order valence-corrected chi connectivity index (χ2v) is 4.48. The highest BCUT2D eigenvalue weighted by Gasteiger charge is 2.14. The van der Waals surface area contributed by atoms with Crippen molar-refractivity contribution >= 4 is 5.69 Å². The van der Waals surface area contributed by atoms with Gasteiger partial charge >= 0.3 is 11.4 Å². The Morgan fingerprint density at radius 1 is 1.50 bits per heavy atom. The smallest absolute Gasteiger partial charge is 0.312 e. The molecule has 7 nitrogen and oxygen atoms in total. The van der Waals surface area contributed by atoms with E-state index in [1.807, 2.05) is 0 Å². The summed E-state index contributed by atoms with van der Waals surface area (Å²) >= 11 is 0. The highest BCUT2D eigenvalue weighted by molar-refractivity contribution is 5.20. The lowest BCUT2D eigenvalue weighted by molar-refractivity contribution is -0.385. The molecule has 1 N–H and O–H groups in total. The van der Waals surface area contributed by atoms with Crippen LogP contribution in [-0.2, 0) is 6.54 Å². The predicted octanol–water partition coefficient (Wildman–Crippen LogP) is 0.684. The molecule has 0 unspecified atom stereocenters. The molecule has 18 heavy (non-hydrogen) atoms. The number of nitrogens with zero attached hydrogens (tertiary/aromatic N) is 3. The third-order valence-corrected chi connectivity index (χ3v) is 3.19. The fourth-order valence-electron chi connectivity index (χ4n) is 2.22. The Bertz CT molecular complexity index is 479. The Hall–Kier alpha value is -1.76. The fraction of sp³-hybridized carbons (Fsp3) is 0.636. The van der Waals surface area contributed by atoms with Crippen molar-refractivity contribution in [3.63, 3.8) is 0 Å². The Morgan fingerprint density at radius 3 is 2.89 bits per heavy atom. The van der Waals surface area contributed by atoms with Crippen LogP contribution in [0.25, 0.3) is 0 Å². The van der Waals surface area contributed by atoms with Crippen LogP contribution < -0.4 is 11.0 Å². The lowest BCUT2D eigenvalue weighted by Crippen LogP contribution is -2.32. The van der Waals surface area contributed by atoms with Crippen LogP contribution in [0.5, 0.6) is 0 Å². The van der Waals surface area contributed by atoms with Crippen LogP contribution in [0.1, 0.15) is 25.7 Å². The number of hydrogen-bond donors (Lipinski definition) is 1. The van der Waals surface area contributed by atoms with E-state index in [1.165, 1.54) is 36.4 Å². The first-order valence-electron chi connectivity index (χ1n) is 6.11. The van der Waals surface area contributed by atoms with Crippen molar-refractivity contribution in [3.8, 4) is 0 Å². The van der Waals surface area contributed by atoms with Gasteiger partial charge in [-0.1, -0.05) is 12.8 Å². The molecular formula is C11H16N4O3. The van der Waals surface area contributed by atoms with Gasteiger partial charge in [0.15, 0.2) is 0 Å². The molecule has 2 rings (SSSR count). The summed E-state index contributed by atoms with van der Waals surface area (Å²) in [4.78, 5) is 24.9. The topological polar surface area (TPSA) is 90.1 Å². The maximum Gasteiger partial charge on any atom is 0.348 e. The average molecular weight is 252 g/mol. The Labute approximate surface area is 104 Å². The fourth-order valence-corrected chi connectivity index (χ4v) is 2.22. The van der Waals surface area contributed by atoms with E-state index < -0.39 is 10.6 Å². The van der Waals surface area contributed by atoms with Crippen molar-refractivity contribution in [2.45, 2.75) is 38.3 Å². The van der Waals surface area contributed by atoms with Crippen molar-refractivity contribution in [2.75, 3.05) is 6.54 Å². The predicted molar refractivity (Wildman–Crippen MR) is 65.4 cm³/mol. The first kappa shape index (κ1) is 12.7.